The predicted octanol–water partition coefficient (Wildman–Crippen LogP) is 1.60. The first-order chi connectivity index (χ1) is 10.3. The molecule has 0 bridgehead atoms. The van der Waals surface area contributed by atoms with Gasteiger partial charge in [-0.3, -0.25) is 4.68 Å². The molecule has 21 heavy (non-hydrogen) atoms. The Balaban J connectivity index is 1.85. The Labute approximate surface area is 125 Å². The zero-order valence-electron chi connectivity index (χ0n) is 12.7. The standard InChI is InChI=1S/C16H23N3O2/c1-3-19-15-7-5-4-6-12(15)13(18-19)10-14(17-2)16-11-20-8-9-21-16/h4-7,14,16-17H,3,8-11H2,1-2H3. The first-order valence-electron chi connectivity index (χ1n) is 7.64. The molecule has 1 aromatic carbocycles. The van der Waals surface area contributed by atoms with E-state index in [9.17, 15) is 0 Å². The summed E-state index contributed by atoms with van der Waals surface area (Å²) in [4.78, 5) is 0. The Bertz CT molecular complexity index is 590. The average Bonchev–Trinajstić information content (AvgIpc) is 2.91. The Morgan fingerprint density at radius 3 is 2.95 bits per heavy atom. The number of rotatable bonds is 5. The van der Waals surface area contributed by atoms with Crippen molar-refractivity contribution >= 4 is 10.9 Å². The van der Waals surface area contributed by atoms with Crippen LogP contribution in [0.25, 0.3) is 10.9 Å². The van der Waals surface area contributed by atoms with Gasteiger partial charge in [0.2, 0.25) is 0 Å². The largest absolute Gasteiger partial charge is 0.376 e. The molecule has 0 saturated carbocycles. The third-order valence-corrected chi connectivity index (χ3v) is 4.11. The monoisotopic (exact) mass is 289 g/mol. The summed E-state index contributed by atoms with van der Waals surface area (Å²) >= 11 is 0. The van der Waals surface area contributed by atoms with Crippen LogP contribution in [0.4, 0.5) is 0 Å². The summed E-state index contributed by atoms with van der Waals surface area (Å²) in [7, 11) is 1.97. The minimum atomic E-state index is 0.0919. The molecular formula is C16H23N3O2. The molecule has 1 fully saturated rings. The van der Waals surface area contributed by atoms with Crippen molar-refractivity contribution in [2.24, 2.45) is 0 Å². The second kappa shape index (κ2) is 6.56. The van der Waals surface area contributed by atoms with Gasteiger partial charge in [0.05, 0.1) is 37.1 Å². The fourth-order valence-electron chi connectivity index (χ4n) is 2.95. The zero-order valence-corrected chi connectivity index (χ0v) is 12.7. The molecule has 0 amide bonds. The molecule has 0 aliphatic carbocycles. The Hall–Kier alpha value is -1.43. The maximum atomic E-state index is 5.83. The number of ether oxygens (including phenoxy) is 2. The number of benzene rings is 1. The fraction of sp³-hybridized carbons (Fsp3) is 0.562. The number of likely N-dealkylation sites (N-methyl/N-ethyl adjacent to an activating group) is 1. The summed E-state index contributed by atoms with van der Waals surface area (Å²) in [6.07, 6.45) is 0.937. The number of nitrogens with zero attached hydrogens (tertiary/aromatic N) is 2. The number of hydrogen-bond donors (Lipinski definition) is 1. The highest BCUT2D eigenvalue weighted by molar-refractivity contribution is 5.82. The van der Waals surface area contributed by atoms with Gasteiger partial charge in [-0.15, -0.1) is 0 Å². The predicted molar refractivity (Wildman–Crippen MR) is 82.5 cm³/mol. The first kappa shape index (κ1) is 14.5. The second-order valence-electron chi connectivity index (χ2n) is 5.36. The molecule has 5 nitrogen and oxygen atoms in total. The van der Waals surface area contributed by atoms with E-state index < -0.39 is 0 Å². The number of fused-ring (bicyclic) bond motifs is 1. The van der Waals surface area contributed by atoms with E-state index in [1.54, 1.807) is 0 Å². The average molecular weight is 289 g/mol. The van der Waals surface area contributed by atoms with E-state index in [2.05, 4.69) is 41.2 Å². The van der Waals surface area contributed by atoms with Gasteiger partial charge in [0.25, 0.3) is 0 Å². The third-order valence-electron chi connectivity index (χ3n) is 4.11. The van der Waals surface area contributed by atoms with Gasteiger partial charge in [0.1, 0.15) is 0 Å². The van der Waals surface area contributed by atoms with Gasteiger partial charge < -0.3 is 14.8 Å². The SMILES string of the molecule is CCn1nc(CC(NC)C2COCCO2)c2ccccc21. The molecule has 5 heteroatoms. The van der Waals surface area contributed by atoms with E-state index in [1.165, 1.54) is 10.9 Å². The van der Waals surface area contributed by atoms with Crippen molar-refractivity contribution in [2.75, 3.05) is 26.9 Å². The highest BCUT2D eigenvalue weighted by Gasteiger charge is 2.25. The molecular weight excluding hydrogens is 266 g/mol. The molecule has 114 valence electrons. The van der Waals surface area contributed by atoms with Crippen LogP contribution < -0.4 is 5.32 Å². The number of para-hydroxylation sites is 1. The molecule has 1 N–H and O–H groups in total. The minimum Gasteiger partial charge on any atom is -0.376 e. The lowest BCUT2D eigenvalue weighted by Gasteiger charge is -2.29. The van der Waals surface area contributed by atoms with Crippen molar-refractivity contribution in [1.82, 2.24) is 15.1 Å². The van der Waals surface area contributed by atoms with Gasteiger partial charge in [-0.1, -0.05) is 18.2 Å². The molecule has 2 aromatic rings. The lowest BCUT2D eigenvalue weighted by Crippen LogP contribution is -2.46. The molecule has 1 aliphatic heterocycles. The van der Waals surface area contributed by atoms with Crippen molar-refractivity contribution in [2.45, 2.75) is 32.0 Å². The molecule has 2 heterocycles. The topological polar surface area (TPSA) is 48.3 Å². The number of aromatic nitrogens is 2. The normalized spacial score (nSPS) is 20.8. The van der Waals surface area contributed by atoms with Gasteiger partial charge in [-0.05, 0) is 20.0 Å². The zero-order chi connectivity index (χ0) is 14.7. The Morgan fingerprint density at radius 2 is 2.24 bits per heavy atom. The summed E-state index contributed by atoms with van der Waals surface area (Å²) in [5.74, 6) is 0. The maximum Gasteiger partial charge on any atom is 0.0965 e. The van der Waals surface area contributed by atoms with E-state index in [0.29, 0.717) is 19.8 Å². The van der Waals surface area contributed by atoms with Crippen LogP contribution in [-0.2, 0) is 22.4 Å². The molecule has 1 saturated heterocycles. The molecule has 2 atom stereocenters. The highest BCUT2D eigenvalue weighted by Crippen LogP contribution is 2.21. The summed E-state index contributed by atoms with van der Waals surface area (Å²) in [5, 5.41) is 9.36. The van der Waals surface area contributed by atoms with Crippen molar-refractivity contribution in [3.63, 3.8) is 0 Å². The smallest absolute Gasteiger partial charge is 0.0965 e. The van der Waals surface area contributed by atoms with Gasteiger partial charge in [0.15, 0.2) is 0 Å². The molecule has 0 radical (unpaired) electrons. The molecule has 2 unspecified atom stereocenters. The molecule has 0 spiro atoms. The number of nitrogens with one attached hydrogen (secondary N) is 1. The second-order valence-corrected chi connectivity index (χ2v) is 5.36. The number of hydrogen-bond acceptors (Lipinski definition) is 4. The summed E-state index contributed by atoms with van der Waals surface area (Å²) < 4.78 is 13.4. The van der Waals surface area contributed by atoms with Crippen molar-refractivity contribution in [1.29, 1.82) is 0 Å². The van der Waals surface area contributed by atoms with Gasteiger partial charge >= 0.3 is 0 Å². The summed E-state index contributed by atoms with van der Waals surface area (Å²) in [6, 6.07) is 8.63. The minimum absolute atomic E-state index is 0.0919. The fourth-order valence-corrected chi connectivity index (χ4v) is 2.95. The van der Waals surface area contributed by atoms with E-state index in [4.69, 9.17) is 14.6 Å². The van der Waals surface area contributed by atoms with E-state index >= 15 is 0 Å². The van der Waals surface area contributed by atoms with Crippen LogP contribution in [0.2, 0.25) is 0 Å². The summed E-state index contributed by atoms with van der Waals surface area (Å²) in [5.41, 5.74) is 2.33. The first-order valence-corrected chi connectivity index (χ1v) is 7.64. The lowest BCUT2D eigenvalue weighted by atomic mass is 10.0. The molecule has 1 aliphatic rings. The highest BCUT2D eigenvalue weighted by atomic mass is 16.6. The van der Waals surface area contributed by atoms with Gasteiger partial charge in [-0.2, -0.15) is 5.10 Å². The van der Waals surface area contributed by atoms with E-state index in [0.717, 1.165) is 18.7 Å². The van der Waals surface area contributed by atoms with Crippen LogP contribution in [-0.4, -0.2) is 48.8 Å². The maximum absolute atomic E-state index is 5.83. The van der Waals surface area contributed by atoms with Crippen LogP contribution >= 0.6 is 0 Å². The third kappa shape index (κ3) is 2.95. The van der Waals surface area contributed by atoms with Crippen molar-refractivity contribution < 1.29 is 9.47 Å². The van der Waals surface area contributed by atoms with Crippen LogP contribution in [0.15, 0.2) is 24.3 Å². The van der Waals surface area contributed by atoms with Crippen LogP contribution in [0.3, 0.4) is 0 Å². The van der Waals surface area contributed by atoms with Crippen molar-refractivity contribution in [3.05, 3.63) is 30.0 Å². The van der Waals surface area contributed by atoms with Crippen LogP contribution in [0.5, 0.6) is 0 Å². The Kier molecular flexibility index (Phi) is 4.53. The van der Waals surface area contributed by atoms with Gasteiger partial charge in [0, 0.05) is 24.4 Å². The van der Waals surface area contributed by atoms with Gasteiger partial charge in [-0.25, -0.2) is 0 Å². The van der Waals surface area contributed by atoms with E-state index in [1.807, 2.05) is 7.05 Å². The Morgan fingerprint density at radius 1 is 1.38 bits per heavy atom. The molecule has 3 rings (SSSR count). The van der Waals surface area contributed by atoms with Crippen LogP contribution in [0.1, 0.15) is 12.6 Å². The number of aryl methyl sites for hydroxylation is 1. The van der Waals surface area contributed by atoms with E-state index in [-0.39, 0.29) is 12.1 Å². The lowest BCUT2D eigenvalue weighted by molar-refractivity contribution is -0.100. The molecule has 1 aromatic heterocycles. The quantitative estimate of drug-likeness (QED) is 0.908. The summed E-state index contributed by atoms with van der Waals surface area (Å²) in [6.45, 7) is 5.02. The van der Waals surface area contributed by atoms with Crippen molar-refractivity contribution in [3.8, 4) is 0 Å². The van der Waals surface area contributed by atoms with Crippen LogP contribution in [0, 0.1) is 0 Å².